The summed E-state index contributed by atoms with van der Waals surface area (Å²) in [5.74, 6) is -3.72. The molecule has 7 nitrogen and oxygen atoms in total. The third kappa shape index (κ3) is 7.18. The van der Waals surface area contributed by atoms with E-state index in [1.54, 1.807) is 0 Å². The summed E-state index contributed by atoms with van der Waals surface area (Å²) < 4.78 is 39.4. The summed E-state index contributed by atoms with van der Waals surface area (Å²) in [6.45, 7) is 1.53. The molecule has 1 aliphatic rings. The van der Waals surface area contributed by atoms with E-state index in [0.29, 0.717) is 5.69 Å². The highest BCUT2D eigenvalue weighted by Crippen LogP contribution is 2.21. The molecule has 2 N–H and O–H groups in total. The van der Waals surface area contributed by atoms with E-state index in [2.05, 4.69) is 10.6 Å². The second-order valence-electron chi connectivity index (χ2n) is 8.19. The molecule has 0 unspecified atom stereocenters. The first kappa shape index (κ1) is 25.5. The van der Waals surface area contributed by atoms with E-state index in [9.17, 15) is 27.4 Å². The van der Waals surface area contributed by atoms with Crippen molar-refractivity contribution in [1.29, 1.82) is 0 Å². The molecule has 2 atom stereocenters. The van der Waals surface area contributed by atoms with Gasteiger partial charge in [0.05, 0.1) is 0 Å². The number of halogens is 2. The monoisotopic (exact) mass is 491 g/mol. The third-order valence-corrected chi connectivity index (χ3v) is 6.68. The molecular formula is C24H27F2N3O4S. The number of hydrogen-bond donors (Lipinski definition) is 2. The van der Waals surface area contributed by atoms with Crippen molar-refractivity contribution in [2.24, 2.45) is 0 Å². The molecule has 0 spiro atoms. The van der Waals surface area contributed by atoms with E-state index in [1.807, 2.05) is 0 Å². The summed E-state index contributed by atoms with van der Waals surface area (Å²) in [7, 11) is -1.89. The van der Waals surface area contributed by atoms with Crippen LogP contribution >= 0.6 is 0 Å². The SMILES string of the molecule is C[C@@H](C(=O)NC1CCCC1)N(C(=O)C[S@@](=O)CC(=O)Nc1ccc(F)cc1)c1cccc(F)c1. The van der Waals surface area contributed by atoms with Crippen LogP contribution in [0, 0.1) is 11.6 Å². The number of benzene rings is 2. The molecule has 3 amide bonds. The van der Waals surface area contributed by atoms with Crippen LogP contribution in [-0.4, -0.2) is 45.5 Å². The summed E-state index contributed by atoms with van der Waals surface area (Å²) in [5.41, 5.74) is 0.486. The van der Waals surface area contributed by atoms with Crippen molar-refractivity contribution in [3.05, 3.63) is 60.2 Å². The molecule has 1 fully saturated rings. The van der Waals surface area contributed by atoms with Crippen LogP contribution in [0.3, 0.4) is 0 Å². The lowest BCUT2D eigenvalue weighted by atomic mass is 10.1. The van der Waals surface area contributed by atoms with Gasteiger partial charge >= 0.3 is 0 Å². The number of nitrogens with one attached hydrogen (secondary N) is 2. The molecule has 10 heteroatoms. The van der Waals surface area contributed by atoms with E-state index in [4.69, 9.17) is 0 Å². The first-order valence-electron chi connectivity index (χ1n) is 11.0. The summed E-state index contributed by atoms with van der Waals surface area (Å²) in [4.78, 5) is 39.2. The van der Waals surface area contributed by atoms with Gasteiger partial charge in [0.15, 0.2) is 0 Å². The number of rotatable bonds is 9. The average Bonchev–Trinajstić information content (AvgIpc) is 3.28. The molecule has 2 aromatic carbocycles. The van der Waals surface area contributed by atoms with Gasteiger partial charge in [-0.15, -0.1) is 0 Å². The quantitative estimate of drug-likeness (QED) is 0.564. The minimum Gasteiger partial charge on any atom is -0.352 e. The second-order valence-corrected chi connectivity index (χ2v) is 9.65. The Balaban J connectivity index is 1.67. The predicted molar refractivity (Wildman–Crippen MR) is 127 cm³/mol. The number of carbonyl (C=O) groups excluding carboxylic acids is 3. The van der Waals surface area contributed by atoms with Crippen LogP contribution in [0.2, 0.25) is 0 Å². The van der Waals surface area contributed by atoms with E-state index in [1.165, 1.54) is 49.4 Å². The largest absolute Gasteiger partial charge is 0.352 e. The molecule has 1 aliphatic carbocycles. The lowest BCUT2D eigenvalue weighted by molar-refractivity contribution is -0.125. The summed E-state index contributed by atoms with van der Waals surface area (Å²) in [6.07, 6.45) is 3.76. The predicted octanol–water partition coefficient (Wildman–Crippen LogP) is 3.13. The van der Waals surface area contributed by atoms with Crippen molar-refractivity contribution in [3.63, 3.8) is 0 Å². The zero-order chi connectivity index (χ0) is 24.7. The summed E-state index contributed by atoms with van der Waals surface area (Å²) in [5, 5.41) is 5.41. The maximum atomic E-state index is 13.9. The van der Waals surface area contributed by atoms with Crippen molar-refractivity contribution in [2.45, 2.75) is 44.7 Å². The Kier molecular flexibility index (Phi) is 8.86. The Hall–Kier alpha value is -3.14. The van der Waals surface area contributed by atoms with Crippen molar-refractivity contribution in [3.8, 4) is 0 Å². The summed E-state index contributed by atoms with van der Waals surface area (Å²) in [6, 6.07) is 9.37. The van der Waals surface area contributed by atoms with Gasteiger partial charge in [0.1, 0.15) is 29.2 Å². The lowest BCUT2D eigenvalue weighted by Crippen LogP contribution is -2.51. The highest BCUT2D eigenvalue weighted by Gasteiger charge is 2.30. The Bertz CT molecular complexity index is 1060. The standard InChI is InChI=1S/C24H27F2N3O4S/c1-16(24(32)28-19-6-2-3-7-19)29(21-8-4-5-18(26)13-21)23(31)15-34(33)14-22(30)27-20-11-9-17(25)10-12-20/h4-5,8-13,16,19H,2-3,6-7,14-15H2,1H3,(H,27,30)(H,28,32)/t16-,34-/m0/s1. The fourth-order valence-electron chi connectivity index (χ4n) is 3.85. The van der Waals surface area contributed by atoms with Crippen molar-refractivity contribution in [2.75, 3.05) is 21.7 Å². The average molecular weight is 492 g/mol. The lowest BCUT2D eigenvalue weighted by Gasteiger charge is -2.29. The number of nitrogens with zero attached hydrogens (tertiary/aromatic N) is 1. The Morgan fingerprint density at radius 2 is 1.71 bits per heavy atom. The van der Waals surface area contributed by atoms with E-state index in [0.717, 1.165) is 36.6 Å². The second kappa shape index (κ2) is 11.8. The maximum absolute atomic E-state index is 13.9. The summed E-state index contributed by atoms with van der Waals surface area (Å²) >= 11 is 0. The number of amides is 3. The third-order valence-electron chi connectivity index (χ3n) is 5.53. The fourth-order valence-corrected chi connectivity index (χ4v) is 4.73. The van der Waals surface area contributed by atoms with Gasteiger partial charge in [-0.25, -0.2) is 8.78 Å². The highest BCUT2D eigenvalue weighted by atomic mass is 32.2. The van der Waals surface area contributed by atoms with Gasteiger partial charge in [-0.05, 0) is 62.2 Å². The molecule has 0 aromatic heterocycles. The van der Waals surface area contributed by atoms with Crippen LogP contribution < -0.4 is 15.5 Å². The van der Waals surface area contributed by atoms with Gasteiger partial charge in [-0.2, -0.15) is 0 Å². The molecule has 0 heterocycles. The van der Waals surface area contributed by atoms with Crippen LogP contribution in [0.1, 0.15) is 32.6 Å². The highest BCUT2D eigenvalue weighted by molar-refractivity contribution is 7.86. The fraction of sp³-hybridized carbons (Fsp3) is 0.375. The molecule has 0 aliphatic heterocycles. The first-order chi connectivity index (χ1) is 16.2. The molecule has 2 aromatic rings. The van der Waals surface area contributed by atoms with Gasteiger partial charge in [0, 0.05) is 28.2 Å². The van der Waals surface area contributed by atoms with Gasteiger partial charge in [0.25, 0.3) is 0 Å². The number of anilines is 2. The normalized spacial score (nSPS) is 15.4. The minimum absolute atomic E-state index is 0.0312. The number of hydrogen-bond acceptors (Lipinski definition) is 4. The van der Waals surface area contributed by atoms with Crippen LogP contribution in [0.4, 0.5) is 20.2 Å². The first-order valence-corrected chi connectivity index (χ1v) is 12.5. The Morgan fingerprint density at radius 1 is 1.03 bits per heavy atom. The molecule has 3 rings (SSSR count). The van der Waals surface area contributed by atoms with Crippen molar-refractivity contribution < 1.29 is 27.4 Å². The Morgan fingerprint density at radius 3 is 2.35 bits per heavy atom. The molecule has 0 bridgehead atoms. The van der Waals surface area contributed by atoms with E-state index >= 15 is 0 Å². The van der Waals surface area contributed by atoms with Crippen molar-refractivity contribution in [1.82, 2.24) is 5.32 Å². The minimum atomic E-state index is -1.89. The van der Waals surface area contributed by atoms with Crippen LogP contribution in [0.5, 0.6) is 0 Å². The van der Waals surface area contributed by atoms with Crippen LogP contribution in [0.15, 0.2) is 48.5 Å². The van der Waals surface area contributed by atoms with Gasteiger partial charge in [-0.1, -0.05) is 18.9 Å². The molecule has 1 saturated carbocycles. The molecule has 182 valence electrons. The topological polar surface area (TPSA) is 95.6 Å². The smallest absolute Gasteiger partial charge is 0.243 e. The zero-order valence-corrected chi connectivity index (χ0v) is 19.6. The van der Waals surface area contributed by atoms with Gasteiger partial charge in [-0.3, -0.25) is 23.5 Å². The molecule has 0 saturated heterocycles. The Labute approximate surface area is 199 Å². The maximum Gasteiger partial charge on any atom is 0.243 e. The van der Waals surface area contributed by atoms with Crippen LogP contribution in [0.25, 0.3) is 0 Å². The van der Waals surface area contributed by atoms with E-state index in [-0.39, 0.29) is 17.6 Å². The number of carbonyl (C=O) groups is 3. The van der Waals surface area contributed by atoms with Gasteiger partial charge < -0.3 is 10.6 Å². The molecular weight excluding hydrogens is 464 g/mol. The zero-order valence-electron chi connectivity index (χ0n) is 18.8. The molecule has 34 heavy (non-hydrogen) atoms. The molecule has 0 radical (unpaired) electrons. The van der Waals surface area contributed by atoms with Crippen molar-refractivity contribution >= 4 is 39.9 Å². The van der Waals surface area contributed by atoms with Crippen LogP contribution in [-0.2, 0) is 25.2 Å². The van der Waals surface area contributed by atoms with E-state index < -0.39 is 51.8 Å². The van der Waals surface area contributed by atoms with Gasteiger partial charge in [0.2, 0.25) is 17.7 Å².